The van der Waals surface area contributed by atoms with Crippen molar-refractivity contribution in [3.05, 3.63) is 65.4 Å². The third-order valence-corrected chi connectivity index (χ3v) is 4.37. The average molecular weight is 381 g/mol. The van der Waals surface area contributed by atoms with Crippen molar-refractivity contribution in [2.75, 3.05) is 13.7 Å². The van der Waals surface area contributed by atoms with Gasteiger partial charge in [0.2, 0.25) is 0 Å². The Balaban J connectivity index is 1.76. The van der Waals surface area contributed by atoms with E-state index >= 15 is 0 Å². The Morgan fingerprint density at radius 3 is 2.11 bits per heavy atom. The minimum absolute atomic E-state index is 0.00826. The SMILES string of the molecule is COc1ccc(CN2C(=O)C(O)=C(c3ccc(OCC(C)C)cc3)C2=O)cc1. The molecule has 3 rings (SSSR count). The zero-order chi connectivity index (χ0) is 20.3. The van der Waals surface area contributed by atoms with Gasteiger partial charge in [-0.2, -0.15) is 0 Å². The molecule has 1 aliphatic rings. The number of carbonyl (C=O) groups is 2. The topological polar surface area (TPSA) is 76.1 Å². The van der Waals surface area contributed by atoms with Gasteiger partial charge in [-0.1, -0.05) is 38.1 Å². The summed E-state index contributed by atoms with van der Waals surface area (Å²) < 4.78 is 10.7. The van der Waals surface area contributed by atoms with Crippen LogP contribution >= 0.6 is 0 Å². The first-order chi connectivity index (χ1) is 13.4. The highest BCUT2D eigenvalue weighted by atomic mass is 16.5. The first kappa shape index (κ1) is 19.5. The normalized spacial score (nSPS) is 14.2. The number of hydrogen-bond donors (Lipinski definition) is 1. The summed E-state index contributed by atoms with van der Waals surface area (Å²) in [5.41, 5.74) is 1.24. The van der Waals surface area contributed by atoms with Gasteiger partial charge in [0, 0.05) is 0 Å². The fourth-order valence-electron chi connectivity index (χ4n) is 2.86. The number of benzene rings is 2. The first-order valence-corrected chi connectivity index (χ1v) is 9.06. The number of carbonyl (C=O) groups excluding carboxylic acids is 2. The van der Waals surface area contributed by atoms with Gasteiger partial charge in [0.15, 0.2) is 5.76 Å². The van der Waals surface area contributed by atoms with Gasteiger partial charge < -0.3 is 14.6 Å². The summed E-state index contributed by atoms with van der Waals surface area (Å²) in [6.45, 7) is 4.76. The molecule has 0 saturated heterocycles. The number of imide groups is 1. The third kappa shape index (κ3) is 4.01. The molecule has 0 saturated carbocycles. The quantitative estimate of drug-likeness (QED) is 0.742. The maximum absolute atomic E-state index is 12.8. The molecular formula is C22H23NO5. The molecule has 28 heavy (non-hydrogen) atoms. The predicted octanol–water partition coefficient (Wildman–Crippen LogP) is 3.57. The molecule has 1 heterocycles. The Hall–Kier alpha value is -3.28. The van der Waals surface area contributed by atoms with Crippen molar-refractivity contribution < 1.29 is 24.2 Å². The van der Waals surface area contributed by atoms with Crippen LogP contribution in [-0.2, 0) is 16.1 Å². The molecule has 1 N–H and O–H groups in total. The second-order valence-electron chi connectivity index (χ2n) is 7.00. The number of rotatable bonds is 7. The molecule has 0 radical (unpaired) electrons. The molecule has 0 aromatic heterocycles. The molecule has 1 aliphatic heterocycles. The fourth-order valence-corrected chi connectivity index (χ4v) is 2.86. The lowest BCUT2D eigenvalue weighted by Gasteiger charge is -2.15. The Morgan fingerprint density at radius 1 is 0.929 bits per heavy atom. The van der Waals surface area contributed by atoms with Crippen LogP contribution in [0.25, 0.3) is 5.57 Å². The zero-order valence-electron chi connectivity index (χ0n) is 16.1. The molecule has 0 bridgehead atoms. The molecule has 6 nitrogen and oxygen atoms in total. The summed E-state index contributed by atoms with van der Waals surface area (Å²) in [5.74, 6) is 0.000107. The number of ether oxygens (including phenoxy) is 2. The third-order valence-electron chi connectivity index (χ3n) is 4.37. The van der Waals surface area contributed by atoms with Gasteiger partial charge in [-0.15, -0.1) is 0 Å². The standard InChI is InChI=1S/C22H23NO5/c1-14(2)13-28-18-10-6-16(7-11-18)19-20(24)22(26)23(21(19)25)12-15-4-8-17(27-3)9-5-15/h4-11,14,24H,12-13H2,1-3H3. The van der Waals surface area contributed by atoms with E-state index in [9.17, 15) is 14.7 Å². The van der Waals surface area contributed by atoms with Crippen molar-refractivity contribution in [1.82, 2.24) is 4.90 Å². The van der Waals surface area contributed by atoms with E-state index in [4.69, 9.17) is 9.47 Å². The summed E-state index contributed by atoms with van der Waals surface area (Å²) in [5, 5.41) is 10.3. The molecule has 2 aromatic carbocycles. The zero-order valence-corrected chi connectivity index (χ0v) is 16.1. The lowest BCUT2D eigenvalue weighted by atomic mass is 10.1. The van der Waals surface area contributed by atoms with Gasteiger partial charge in [-0.25, -0.2) is 0 Å². The number of nitrogens with zero attached hydrogens (tertiary/aromatic N) is 1. The maximum Gasteiger partial charge on any atom is 0.296 e. The summed E-state index contributed by atoms with van der Waals surface area (Å²) in [4.78, 5) is 26.2. The van der Waals surface area contributed by atoms with Gasteiger partial charge in [0.05, 0.1) is 25.8 Å². The molecule has 0 atom stereocenters. The van der Waals surface area contributed by atoms with E-state index in [0.29, 0.717) is 29.6 Å². The van der Waals surface area contributed by atoms with Crippen LogP contribution in [0.2, 0.25) is 0 Å². The van der Waals surface area contributed by atoms with Crippen LogP contribution < -0.4 is 9.47 Å². The summed E-state index contributed by atoms with van der Waals surface area (Å²) in [7, 11) is 1.57. The number of amides is 2. The van der Waals surface area contributed by atoms with Crippen molar-refractivity contribution in [2.45, 2.75) is 20.4 Å². The minimum Gasteiger partial charge on any atom is -0.502 e. The lowest BCUT2D eigenvalue weighted by molar-refractivity contribution is -0.138. The van der Waals surface area contributed by atoms with Crippen molar-refractivity contribution in [1.29, 1.82) is 0 Å². The maximum atomic E-state index is 12.8. The van der Waals surface area contributed by atoms with Crippen molar-refractivity contribution >= 4 is 17.4 Å². The number of hydrogen-bond acceptors (Lipinski definition) is 5. The Labute approximate surface area is 164 Å². The number of methoxy groups -OCH3 is 1. The lowest BCUT2D eigenvalue weighted by Crippen LogP contribution is -2.31. The average Bonchev–Trinajstić information content (AvgIpc) is 2.91. The van der Waals surface area contributed by atoms with Gasteiger partial charge >= 0.3 is 0 Å². The highest BCUT2D eigenvalue weighted by Gasteiger charge is 2.39. The van der Waals surface area contributed by atoms with E-state index in [1.165, 1.54) is 0 Å². The summed E-state index contributed by atoms with van der Waals surface area (Å²) in [6, 6.07) is 13.8. The van der Waals surface area contributed by atoms with Crippen LogP contribution in [0.1, 0.15) is 25.0 Å². The van der Waals surface area contributed by atoms with Crippen LogP contribution in [0.5, 0.6) is 11.5 Å². The molecule has 2 aromatic rings. The van der Waals surface area contributed by atoms with Crippen molar-refractivity contribution in [3.63, 3.8) is 0 Å². The summed E-state index contributed by atoms with van der Waals surface area (Å²) in [6.07, 6.45) is 0. The second kappa shape index (κ2) is 8.17. The number of aliphatic hydroxyl groups excluding tert-OH is 1. The van der Waals surface area contributed by atoms with Crippen LogP contribution in [0.15, 0.2) is 54.3 Å². The monoisotopic (exact) mass is 381 g/mol. The molecule has 146 valence electrons. The van der Waals surface area contributed by atoms with E-state index in [1.54, 1.807) is 55.6 Å². The Bertz CT molecular complexity index is 898. The van der Waals surface area contributed by atoms with E-state index in [-0.39, 0.29) is 12.1 Å². The highest BCUT2D eigenvalue weighted by Crippen LogP contribution is 2.30. The van der Waals surface area contributed by atoms with E-state index in [0.717, 1.165) is 10.5 Å². The first-order valence-electron chi connectivity index (χ1n) is 9.06. The molecule has 0 fully saturated rings. The molecule has 0 aliphatic carbocycles. The van der Waals surface area contributed by atoms with Gasteiger partial charge in [0.25, 0.3) is 11.8 Å². The van der Waals surface area contributed by atoms with Crippen LogP contribution in [-0.4, -0.2) is 35.5 Å². The smallest absolute Gasteiger partial charge is 0.296 e. The Kier molecular flexibility index (Phi) is 5.68. The van der Waals surface area contributed by atoms with Crippen molar-refractivity contribution in [3.8, 4) is 11.5 Å². The minimum atomic E-state index is -0.698. The molecule has 6 heteroatoms. The van der Waals surface area contributed by atoms with Crippen LogP contribution in [0.4, 0.5) is 0 Å². The fraction of sp³-hybridized carbons (Fsp3) is 0.273. The van der Waals surface area contributed by atoms with Gasteiger partial charge in [-0.05, 0) is 41.3 Å². The second-order valence-corrected chi connectivity index (χ2v) is 7.00. The van der Waals surface area contributed by atoms with E-state index < -0.39 is 17.6 Å². The van der Waals surface area contributed by atoms with E-state index in [1.807, 2.05) is 0 Å². The predicted molar refractivity (Wildman–Crippen MR) is 105 cm³/mol. The summed E-state index contributed by atoms with van der Waals surface area (Å²) >= 11 is 0. The van der Waals surface area contributed by atoms with Gasteiger partial charge in [-0.3, -0.25) is 14.5 Å². The molecular weight excluding hydrogens is 358 g/mol. The Morgan fingerprint density at radius 2 is 1.54 bits per heavy atom. The number of aliphatic hydroxyl groups is 1. The van der Waals surface area contributed by atoms with Crippen molar-refractivity contribution in [2.24, 2.45) is 5.92 Å². The molecule has 2 amide bonds. The largest absolute Gasteiger partial charge is 0.502 e. The van der Waals surface area contributed by atoms with Gasteiger partial charge in [0.1, 0.15) is 11.5 Å². The molecule has 0 spiro atoms. The molecule has 0 unspecified atom stereocenters. The van der Waals surface area contributed by atoms with Crippen LogP contribution in [0.3, 0.4) is 0 Å². The van der Waals surface area contributed by atoms with Crippen LogP contribution in [0, 0.1) is 5.92 Å². The highest BCUT2D eigenvalue weighted by molar-refractivity contribution is 6.34. The van der Waals surface area contributed by atoms with E-state index in [2.05, 4.69) is 13.8 Å².